The van der Waals surface area contributed by atoms with Crippen LogP contribution in [-0.2, 0) is 12.8 Å². The van der Waals surface area contributed by atoms with Crippen LogP contribution >= 0.6 is 24.0 Å². The Kier molecular flexibility index (Phi) is 9.08. The monoisotopic (exact) mass is 549 g/mol. The normalized spacial score (nSPS) is 15.2. The van der Waals surface area contributed by atoms with Crippen molar-refractivity contribution >= 4 is 30.0 Å². The molecule has 0 aromatic heterocycles. The molecule has 0 bridgehead atoms. The first-order valence-electron chi connectivity index (χ1n) is 12.3. The van der Waals surface area contributed by atoms with Crippen molar-refractivity contribution in [3.05, 3.63) is 118 Å². The molecule has 0 unspecified atom stereocenters. The van der Waals surface area contributed by atoms with Gasteiger partial charge in [0, 0.05) is 17.6 Å². The Bertz CT molecular complexity index is 1410. The van der Waals surface area contributed by atoms with Crippen LogP contribution in [0.2, 0.25) is 5.02 Å². The van der Waals surface area contributed by atoms with Crippen LogP contribution in [0.5, 0.6) is 11.5 Å². The quantitative estimate of drug-likeness (QED) is 0.218. The van der Waals surface area contributed by atoms with Crippen molar-refractivity contribution in [3.8, 4) is 22.6 Å². The minimum Gasteiger partial charge on any atom is -0.478 e. The summed E-state index contributed by atoms with van der Waals surface area (Å²) in [5.74, 6) is 0.310. The SMILES string of the molecule is Cl.O=C(O)c1ccc(Oc2cccc(-c3ccc4c(c3)C[C@@H](NC[C@H](O)c3cccc(Cl)c3)CC4)c2)cc1. The molecule has 5 rings (SSSR count). The molecule has 4 aromatic rings. The van der Waals surface area contributed by atoms with Gasteiger partial charge in [0.15, 0.2) is 0 Å². The maximum absolute atomic E-state index is 11.1. The summed E-state index contributed by atoms with van der Waals surface area (Å²) >= 11 is 6.07. The maximum Gasteiger partial charge on any atom is 0.335 e. The fraction of sp³-hybridized carbons (Fsp3) is 0.194. The number of carboxylic acids is 1. The molecule has 0 saturated heterocycles. The van der Waals surface area contributed by atoms with Crippen molar-refractivity contribution in [2.24, 2.45) is 0 Å². The summed E-state index contributed by atoms with van der Waals surface area (Å²) in [6, 6.07) is 28.5. The van der Waals surface area contributed by atoms with E-state index in [1.165, 1.54) is 23.3 Å². The highest BCUT2D eigenvalue weighted by molar-refractivity contribution is 6.30. The highest BCUT2D eigenvalue weighted by Crippen LogP contribution is 2.31. The molecule has 3 N–H and O–H groups in total. The molecule has 1 aliphatic carbocycles. The third-order valence-electron chi connectivity index (χ3n) is 6.77. The number of carboxylic acid groups (broad SMARTS) is 1. The van der Waals surface area contributed by atoms with Crippen LogP contribution in [0.1, 0.15) is 39.6 Å². The number of ether oxygens (including phenoxy) is 1. The zero-order chi connectivity index (χ0) is 25.8. The van der Waals surface area contributed by atoms with Crippen LogP contribution in [-0.4, -0.2) is 28.8 Å². The largest absolute Gasteiger partial charge is 0.478 e. The predicted octanol–water partition coefficient (Wildman–Crippen LogP) is 7.10. The van der Waals surface area contributed by atoms with E-state index >= 15 is 0 Å². The zero-order valence-corrected chi connectivity index (χ0v) is 22.2. The van der Waals surface area contributed by atoms with E-state index in [0.29, 0.717) is 29.1 Å². The van der Waals surface area contributed by atoms with Crippen LogP contribution in [0.4, 0.5) is 0 Å². The van der Waals surface area contributed by atoms with Gasteiger partial charge in [-0.2, -0.15) is 0 Å². The lowest BCUT2D eigenvalue weighted by Crippen LogP contribution is -2.37. The molecule has 196 valence electrons. The zero-order valence-electron chi connectivity index (χ0n) is 20.6. The van der Waals surface area contributed by atoms with E-state index in [4.69, 9.17) is 21.4 Å². The molecule has 38 heavy (non-hydrogen) atoms. The number of fused-ring (bicyclic) bond motifs is 1. The molecule has 0 aliphatic heterocycles. The number of aromatic carboxylic acids is 1. The summed E-state index contributed by atoms with van der Waals surface area (Å²) in [4.78, 5) is 11.1. The van der Waals surface area contributed by atoms with Crippen molar-refractivity contribution in [2.45, 2.75) is 31.4 Å². The summed E-state index contributed by atoms with van der Waals surface area (Å²) in [6.45, 7) is 0.479. The lowest BCUT2D eigenvalue weighted by molar-refractivity contribution is 0.0697. The highest BCUT2D eigenvalue weighted by atomic mass is 35.5. The number of benzene rings is 4. The molecule has 1 aliphatic rings. The van der Waals surface area contributed by atoms with Gasteiger partial charge in [-0.1, -0.05) is 54.1 Å². The van der Waals surface area contributed by atoms with E-state index in [0.717, 1.165) is 36.0 Å². The lowest BCUT2D eigenvalue weighted by Gasteiger charge is -2.27. The third kappa shape index (κ3) is 6.74. The maximum atomic E-state index is 11.1. The molecule has 0 saturated carbocycles. The minimum atomic E-state index is -0.962. The molecule has 0 heterocycles. The van der Waals surface area contributed by atoms with E-state index in [-0.39, 0.29) is 18.0 Å². The average molecular weight is 550 g/mol. The van der Waals surface area contributed by atoms with Gasteiger partial charge >= 0.3 is 5.97 Å². The molecule has 0 fully saturated rings. The van der Waals surface area contributed by atoms with Gasteiger partial charge in [-0.05, 0) is 95.6 Å². The fourth-order valence-corrected chi connectivity index (χ4v) is 4.96. The molecule has 0 radical (unpaired) electrons. The molecule has 2 atom stereocenters. The lowest BCUT2D eigenvalue weighted by atomic mass is 9.86. The van der Waals surface area contributed by atoms with E-state index in [9.17, 15) is 9.90 Å². The summed E-state index contributed by atoms with van der Waals surface area (Å²) in [6.07, 6.45) is 2.32. The topological polar surface area (TPSA) is 78.8 Å². The Morgan fingerprint density at radius 3 is 2.45 bits per heavy atom. The standard InChI is InChI=1S/C31H28ClNO4.ClH/c32-26-5-1-4-24(16-26)30(34)19-33-27-12-9-20-7-8-23(15-25(20)17-27)22-3-2-6-29(18-22)37-28-13-10-21(11-14-28)31(35)36;/h1-8,10-11,13-16,18,27,30,33-34H,9,12,17,19H2,(H,35,36);1H/t27-,30-;/m0./s1. The summed E-state index contributed by atoms with van der Waals surface area (Å²) in [7, 11) is 0. The summed E-state index contributed by atoms with van der Waals surface area (Å²) < 4.78 is 5.97. The first-order chi connectivity index (χ1) is 17.9. The smallest absolute Gasteiger partial charge is 0.335 e. The van der Waals surface area contributed by atoms with Gasteiger partial charge in [0.25, 0.3) is 0 Å². The van der Waals surface area contributed by atoms with E-state index < -0.39 is 12.1 Å². The number of rotatable bonds is 8. The van der Waals surface area contributed by atoms with Gasteiger partial charge in [0.1, 0.15) is 11.5 Å². The van der Waals surface area contributed by atoms with Crippen molar-refractivity contribution in [1.82, 2.24) is 5.32 Å². The molecule has 5 nitrogen and oxygen atoms in total. The first-order valence-corrected chi connectivity index (χ1v) is 12.7. The molecule has 7 heteroatoms. The Balaban J connectivity index is 0.00000336. The summed E-state index contributed by atoms with van der Waals surface area (Å²) in [5.41, 5.74) is 5.89. The molecule has 0 amide bonds. The van der Waals surface area contributed by atoms with Crippen molar-refractivity contribution in [3.63, 3.8) is 0 Å². The van der Waals surface area contributed by atoms with Gasteiger partial charge in [-0.15, -0.1) is 12.4 Å². The number of hydrogen-bond donors (Lipinski definition) is 3. The Morgan fingerprint density at radius 1 is 0.921 bits per heavy atom. The number of carbonyl (C=O) groups is 1. The van der Waals surface area contributed by atoms with Crippen LogP contribution in [0.25, 0.3) is 11.1 Å². The van der Waals surface area contributed by atoms with Crippen molar-refractivity contribution in [2.75, 3.05) is 6.54 Å². The van der Waals surface area contributed by atoms with Crippen molar-refractivity contribution < 1.29 is 19.7 Å². The Morgan fingerprint density at radius 2 is 1.68 bits per heavy atom. The van der Waals surface area contributed by atoms with Gasteiger partial charge in [0.05, 0.1) is 11.7 Å². The third-order valence-corrected chi connectivity index (χ3v) is 7.01. The van der Waals surface area contributed by atoms with Crippen LogP contribution in [0, 0.1) is 0 Å². The average Bonchev–Trinajstić information content (AvgIpc) is 2.91. The Labute approximate surface area is 233 Å². The molecule has 4 aromatic carbocycles. The van der Waals surface area contributed by atoms with Gasteiger partial charge in [-0.25, -0.2) is 4.79 Å². The second kappa shape index (κ2) is 12.5. The molecular weight excluding hydrogens is 521 g/mol. The van der Waals surface area contributed by atoms with Crippen molar-refractivity contribution in [1.29, 1.82) is 0 Å². The van der Waals surface area contributed by atoms with Crippen LogP contribution < -0.4 is 10.1 Å². The number of aliphatic hydroxyl groups is 1. The number of aliphatic hydroxyl groups excluding tert-OH is 1. The van der Waals surface area contributed by atoms with Crippen LogP contribution in [0.3, 0.4) is 0 Å². The van der Waals surface area contributed by atoms with Gasteiger partial charge < -0.3 is 20.3 Å². The number of nitrogens with one attached hydrogen (secondary N) is 1. The first kappa shape index (κ1) is 27.7. The predicted molar refractivity (Wildman–Crippen MR) is 153 cm³/mol. The minimum absolute atomic E-state index is 0. The Hall–Kier alpha value is -3.35. The van der Waals surface area contributed by atoms with Gasteiger partial charge in [0.2, 0.25) is 0 Å². The van der Waals surface area contributed by atoms with Crippen LogP contribution in [0.15, 0.2) is 91.0 Å². The second-order valence-corrected chi connectivity index (χ2v) is 9.80. The summed E-state index contributed by atoms with van der Waals surface area (Å²) in [5, 5.41) is 23.8. The fourth-order valence-electron chi connectivity index (χ4n) is 4.76. The highest BCUT2D eigenvalue weighted by Gasteiger charge is 2.20. The second-order valence-electron chi connectivity index (χ2n) is 9.36. The number of aryl methyl sites for hydroxylation is 1. The number of hydrogen-bond acceptors (Lipinski definition) is 4. The van der Waals surface area contributed by atoms with E-state index in [1.807, 2.05) is 30.3 Å². The molecular formula is C31H29Cl2NO4. The molecule has 0 spiro atoms. The van der Waals surface area contributed by atoms with E-state index in [1.54, 1.807) is 24.3 Å². The van der Waals surface area contributed by atoms with E-state index in [2.05, 4.69) is 29.6 Å². The number of halogens is 2. The van der Waals surface area contributed by atoms with Gasteiger partial charge in [-0.3, -0.25) is 0 Å².